The van der Waals surface area contributed by atoms with Gasteiger partial charge in [-0.3, -0.25) is 0 Å². The summed E-state index contributed by atoms with van der Waals surface area (Å²) >= 11 is 0. The summed E-state index contributed by atoms with van der Waals surface area (Å²) in [6.45, 7) is 11.0. The van der Waals surface area contributed by atoms with E-state index in [0.717, 1.165) is 5.69 Å². The third-order valence-electron chi connectivity index (χ3n) is 3.07. The van der Waals surface area contributed by atoms with Gasteiger partial charge in [-0.25, -0.2) is 0 Å². The number of rotatable bonds is 3. The molecule has 19 heavy (non-hydrogen) atoms. The molecule has 2 rings (SSSR count). The maximum Gasteiger partial charge on any atom is 0.232 e. The number of benzene rings is 1. The number of nitrogens with zero attached hydrogens (tertiary/aromatic N) is 2. The zero-order chi connectivity index (χ0) is 14.0. The Morgan fingerprint density at radius 2 is 1.89 bits per heavy atom. The van der Waals surface area contributed by atoms with Crippen molar-refractivity contribution in [1.82, 2.24) is 10.1 Å². The highest BCUT2D eigenvalue weighted by Crippen LogP contribution is 2.20. The molecule has 0 bridgehead atoms. The van der Waals surface area contributed by atoms with Crippen LogP contribution in [-0.2, 0) is 12.0 Å². The third-order valence-corrected chi connectivity index (χ3v) is 3.07. The average Bonchev–Trinajstić information content (AvgIpc) is 2.79. The molecule has 0 saturated heterocycles. The summed E-state index contributed by atoms with van der Waals surface area (Å²) < 4.78 is 5.26. The molecule has 1 aromatic carbocycles. The van der Waals surface area contributed by atoms with Crippen molar-refractivity contribution in [2.45, 2.75) is 46.6 Å². The Balaban J connectivity index is 2.02. The highest BCUT2D eigenvalue weighted by Gasteiger charge is 2.21. The van der Waals surface area contributed by atoms with Gasteiger partial charge in [-0.15, -0.1) is 0 Å². The van der Waals surface area contributed by atoms with E-state index >= 15 is 0 Å². The van der Waals surface area contributed by atoms with Gasteiger partial charge >= 0.3 is 0 Å². The lowest BCUT2D eigenvalue weighted by molar-refractivity contribution is 0.318. The Labute approximate surface area is 114 Å². The summed E-state index contributed by atoms with van der Waals surface area (Å²) in [5.74, 6) is 1.35. The molecule has 2 aromatic rings. The molecule has 4 heteroatoms. The van der Waals surface area contributed by atoms with Crippen LogP contribution in [0.25, 0.3) is 0 Å². The second-order valence-electron chi connectivity index (χ2n) is 5.92. The molecular weight excluding hydrogens is 238 g/mol. The van der Waals surface area contributed by atoms with Gasteiger partial charge < -0.3 is 9.84 Å². The van der Waals surface area contributed by atoms with Crippen LogP contribution in [0.1, 0.15) is 43.6 Å². The van der Waals surface area contributed by atoms with Crippen LogP contribution >= 0.6 is 0 Å². The van der Waals surface area contributed by atoms with Gasteiger partial charge in [0.2, 0.25) is 5.89 Å². The number of hydrogen-bond acceptors (Lipinski definition) is 4. The fourth-order valence-corrected chi connectivity index (χ4v) is 1.66. The van der Waals surface area contributed by atoms with E-state index in [0.29, 0.717) is 18.3 Å². The predicted molar refractivity (Wildman–Crippen MR) is 76.2 cm³/mol. The first-order valence-corrected chi connectivity index (χ1v) is 6.50. The van der Waals surface area contributed by atoms with Crippen LogP contribution in [0.4, 0.5) is 5.69 Å². The second-order valence-corrected chi connectivity index (χ2v) is 5.92. The van der Waals surface area contributed by atoms with Crippen LogP contribution in [0, 0.1) is 13.8 Å². The molecule has 0 atom stereocenters. The molecule has 0 radical (unpaired) electrons. The fraction of sp³-hybridized carbons (Fsp3) is 0.467. The van der Waals surface area contributed by atoms with Crippen LogP contribution in [-0.4, -0.2) is 10.1 Å². The van der Waals surface area contributed by atoms with Crippen molar-refractivity contribution < 1.29 is 4.52 Å². The van der Waals surface area contributed by atoms with E-state index in [9.17, 15) is 0 Å². The number of aromatic nitrogens is 2. The number of nitrogens with one attached hydrogen (secondary N) is 1. The van der Waals surface area contributed by atoms with Crippen LogP contribution < -0.4 is 5.32 Å². The van der Waals surface area contributed by atoms with Crippen molar-refractivity contribution in [3.05, 3.63) is 41.0 Å². The van der Waals surface area contributed by atoms with Crippen LogP contribution in [0.15, 0.2) is 22.7 Å². The molecule has 0 aliphatic rings. The second kappa shape index (κ2) is 5.03. The Bertz CT molecular complexity index is 567. The van der Waals surface area contributed by atoms with E-state index in [2.05, 4.69) is 68.3 Å². The van der Waals surface area contributed by atoms with Crippen molar-refractivity contribution in [2.75, 3.05) is 5.32 Å². The van der Waals surface area contributed by atoms with Gasteiger partial charge in [-0.1, -0.05) is 32.0 Å². The maximum atomic E-state index is 5.26. The van der Waals surface area contributed by atoms with Gasteiger partial charge in [-0.2, -0.15) is 4.98 Å². The molecule has 4 nitrogen and oxygen atoms in total. The molecule has 0 unspecified atom stereocenters. The molecule has 0 spiro atoms. The SMILES string of the molecule is Cc1ccc(NCc2noc(C(C)(C)C)n2)cc1C. The first-order valence-electron chi connectivity index (χ1n) is 6.50. The zero-order valence-electron chi connectivity index (χ0n) is 12.2. The van der Waals surface area contributed by atoms with Crippen molar-refractivity contribution in [2.24, 2.45) is 0 Å². The smallest absolute Gasteiger partial charge is 0.232 e. The van der Waals surface area contributed by atoms with Gasteiger partial charge in [-0.05, 0) is 37.1 Å². The lowest BCUT2D eigenvalue weighted by Crippen LogP contribution is -2.11. The molecular formula is C15H21N3O. The first-order chi connectivity index (χ1) is 8.86. The standard InChI is InChI=1S/C15H21N3O/c1-10-6-7-12(8-11(10)2)16-9-13-17-14(19-18-13)15(3,4)5/h6-8,16H,9H2,1-5H3. The molecule has 1 N–H and O–H groups in total. The lowest BCUT2D eigenvalue weighted by atomic mass is 9.97. The normalized spacial score (nSPS) is 11.6. The Morgan fingerprint density at radius 1 is 1.16 bits per heavy atom. The van der Waals surface area contributed by atoms with Crippen LogP contribution in [0.5, 0.6) is 0 Å². The highest BCUT2D eigenvalue weighted by molar-refractivity contribution is 5.48. The molecule has 0 saturated carbocycles. The fourth-order valence-electron chi connectivity index (χ4n) is 1.66. The lowest BCUT2D eigenvalue weighted by Gasteiger charge is -2.10. The average molecular weight is 259 g/mol. The Kier molecular flexibility index (Phi) is 3.60. The molecule has 1 heterocycles. The van der Waals surface area contributed by atoms with E-state index in [1.165, 1.54) is 11.1 Å². The minimum Gasteiger partial charge on any atom is -0.378 e. The number of hydrogen-bond donors (Lipinski definition) is 1. The maximum absolute atomic E-state index is 5.26. The van der Waals surface area contributed by atoms with E-state index in [1.807, 2.05) is 0 Å². The zero-order valence-corrected chi connectivity index (χ0v) is 12.2. The van der Waals surface area contributed by atoms with Gasteiger partial charge in [0.1, 0.15) is 0 Å². The minimum absolute atomic E-state index is 0.105. The Morgan fingerprint density at radius 3 is 2.47 bits per heavy atom. The molecule has 0 amide bonds. The first kappa shape index (κ1) is 13.6. The van der Waals surface area contributed by atoms with Gasteiger partial charge in [0.05, 0.1) is 6.54 Å². The van der Waals surface area contributed by atoms with E-state index in [4.69, 9.17) is 4.52 Å². The summed E-state index contributed by atoms with van der Waals surface area (Å²) in [7, 11) is 0. The van der Waals surface area contributed by atoms with Crippen LogP contribution in [0.3, 0.4) is 0 Å². The van der Waals surface area contributed by atoms with E-state index in [1.54, 1.807) is 0 Å². The largest absolute Gasteiger partial charge is 0.378 e. The van der Waals surface area contributed by atoms with Gasteiger partial charge in [0.25, 0.3) is 0 Å². The van der Waals surface area contributed by atoms with Gasteiger partial charge in [0, 0.05) is 11.1 Å². The summed E-state index contributed by atoms with van der Waals surface area (Å²) in [6, 6.07) is 6.29. The van der Waals surface area contributed by atoms with E-state index in [-0.39, 0.29) is 5.41 Å². The third kappa shape index (κ3) is 3.34. The molecule has 102 valence electrons. The number of anilines is 1. The molecule has 0 aliphatic heterocycles. The Hall–Kier alpha value is -1.84. The summed E-state index contributed by atoms with van der Waals surface area (Å²) in [5.41, 5.74) is 3.53. The van der Waals surface area contributed by atoms with Crippen molar-refractivity contribution >= 4 is 5.69 Å². The van der Waals surface area contributed by atoms with Crippen LogP contribution in [0.2, 0.25) is 0 Å². The molecule has 0 fully saturated rings. The minimum atomic E-state index is -0.105. The molecule has 0 aliphatic carbocycles. The summed E-state index contributed by atoms with van der Waals surface area (Å²) in [6.07, 6.45) is 0. The summed E-state index contributed by atoms with van der Waals surface area (Å²) in [4.78, 5) is 4.40. The topological polar surface area (TPSA) is 51.0 Å². The van der Waals surface area contributed by atoms with Crippen molar-refractivity contribution in [3.63, 3.8) is 0 Å². The number of aryl methyl sites for hydroxylation is 2. The predicted octanol–water partition coefficient (Wildman–Crippen LogP) is 3.60. The highest BCUT2D eigenvalue weighted by atomic mass is 16.5. The molecule has 1 aromatic heterocycles. The van der Waals surface area contributed by atoms with Crippen molar-refractivity contribution in [3.8, 4) is 0 Å². The summed E-state index contributed by atoms with van der Waals surface area (Å²) in [5, 5.41) is 7.30. The van der Waals surface area contributed by atoms with E-state index < -0.39 is 0 Å². The van der Waals surface area contributed by atoms with Crippen molar-refractivity contribution in [1.29, 1.82) is 0 Å². The monoisotopic (exact) mass is 259 g/mol. The quantitative estimate of drug-likeness (QED) is 0.915. The van der Waals surface area contributed by atoms with Gasteiger partial charge in [0.15, 0.2) is 5.82 Å².